The fraction of sp³-hybridized carbons (Fsp3) is 0.375. The van der Waals surface area contributed by atoms with Gasteiger partial charge in [0.2, 0.25) is 5.78 Å². The fourth-order valence-corrected chi connectivity index (χ4v) is 2.77. The predicted molar refractivity (Wildman–Crippen MR) is 86.2 cm³/mol. The Morgan fingerprint density at radius 2 is 1.88 bits per heavy atom. The number of aliphatic hydroxyl groups is 3. The van der Waals surface area contributed by atoms with Gasteiger partial charge in [-0.25, -0.2) is 4.68 Å². The summed E-state index contributed by atoms with van der Waals surface area (Å²) < 4.78 is 6.27. The van der Waals surface area contributed by atoms with Gasteiger partial charge in [-0.05, 0) is 6.92 Å². The molecule has 1 fully saturated rings. The first-order valence-electron chi connectivity index (χ1n) is 7.84. The van der Waals surface area contributed by atoms with E-state index in [4.69, 9.17) is 10.5 Å². The van der Waals surface area contributed by atoms with Crippen LogP contribution in [0, 0.1) is 6.92 Å². The minimum absolute atomic E-state index is 0.258. The van der Waals surface area contributed by atoms with Crippen LogP contribution < -0.4 is 5.73 Å². The molecule has 0 radical (unpaired) electrons. The van der Waals surface area contributed by atoms with E-state index in [-0.39, 0.29) is 17.0 Å². The molecule has 0 unspecified atom stereocenters. The lowest BCUT2D eigenvalue weighted by Crippen LogP contribution is -2.34. The van der Waals surface area contributed by atoms with Crippen molar-refractivity contribution in [3.05, 3.63) is 46.8 Å². The third-order valence-corrected chi connectivity index (χ3v) is 4.21. The van der Waals surface area contributed by atoms with Gasteiger partial charge < -0.3 is 25.8 Å². The molecule has 4 atom stereocenters. The second-order valence-corrected chi connectivity index (χ2v) is 6.02. The van der Waals surface area contributed by atoms with Gasteiger partial charge in [0.25, 0.3) is 5.91 Å². The number of primary amides is 1. The van der Waals surface area contributed by atoms with Gasteiger partial charge in [-0.3, -0.25) is 9.59 Å². The Labute approximate surface area is 147 Å². The topological polar surface area (TPSA) is 161 Å². The molecule has 1 saturated heterocycles. The Hall–Kier alpha value is -2.66. The summed E-state index contributed by atoms with van der Waals surface area (Å²) in [6.45, 7) is 1.31. The highest BCUT2D eigenvalue weighted by atomic mass is 16.6. The molecule has 2 aromatic rings. The summed E-state index contributed by atoms with van der Waals surface area (Å²) in [4.78, 5) is 24.6. The summed E-state index contributed by atoms with van der Waals surface area (Å²) in [6, 6.07) is 6.57. The van der Waals surface area contributed by atoms with E-state index in [0.29, 0.717) is 0 Å². The molecule has 10 nitrogen and oxygen atoms in total. The van der Waals surface area contributed by atoms with E-state index in [2.05, 4.69) is 10.3 Å². The Morgan fingerprint density at radius 1 is 1.23 bits per heavy atom. The van der Waals surface area contributed by atoms with Crippen LogP contribution in [0.2, 0.25) is 0 Å². The van der Waals surface area contributed by atoms with Crippen molar-refractivity contribution in [3.8, 4) is 0 Å². The van der Waals surface area contributed by atoms with Gasteiger partial charge in [0.15, 0.2) is 11.9 Å². The number of aryl methyl sites for hydroxylation is 1. The van der Waals surface area contributed by atoms with E-state index < -0.39 is 42.8 Å². The van der Waals surface area contributed by atoms with Crippen LogP contribution >= 0.6 is 0 Å². The summed E-state index contributed by atoms with van der Waals surface area (Å²) >= 11 is 0. The summed E-state index contributed by atoms with van der Waals surface area (Å²) in [6.07, 6.45) is -5.27. The summed E-state index contributed by atoms with van der Waals surface area (Å²) in [5.41, 5.74) is 5.83. The summed E-state index contributed by atoms with van der Waals surface area (Å²) in [5.74, 6) is -1.57. The predicted octanol–water partition coefficient (Wildman–Crippen LogP) is -1.47. The van der Waals surface area contributed by atoms with Crippen molar-refractivity contribution in [2.45, 2.75) is 31.5 Å². The van der Waals surface area contributed by atoms with E-state index in [0.717, 1.165) is 10.2 Å². The molecule has 0 bridgehead atoms. The van der Waals surface area contributed by atoms with Crippen LogP contribution in [0.4, 0.5) is 0 Å². The SMILES string of the molecule is Cc1ccc(C(=O)c2c(C(N)=O)nnn2[C@@H]2O[C@H](CO)[C@@H](O)[C@H]2O)cc1. The molecule has 1 amide bonds. The molecular formula is C16H18N4O6. The molecule has 3 rings (SSSR count). The van der Waals surface area contributed by atoms with Gasteiger partial charge >= 0.3 is 0 Å². The number of benzene rings is 1. The monoisotopic (exact) mass is 362 g/mol. The molecule has 0 spiro atoms. The van der Waals surface area contributed by atoms with Crippen molar-refractivity contribution >= 4 is 11.7 Å². The summed E-state index contributed by atoms with van der Waals surface area (Å²) in [5, 5.41) is 36.6. The third kappa shape index (κ3) is 2.99. The number of aromatic nitrogens is 3. The fourth-order valence-electron chi connectivity index (χ4n) is 2.77. The van der Waals surface area contributed by atoms with Gasteiger partial charge in [-0.15, -0.1) is 5.10 Å². The first-order valence-corrected chi connectivity index (χ1v) is 7.84. The van der Waals surface area contributed by atoms with Crippen LogP contribution in [0.15, 0.2) is 24.3 Å². The van der Waals surface area contributed by atoms with Gasteiger partial charge in [0.1, 0.15) is 24.0 Å². The average Bonchev–Trinajstić information content (AvgIpc) is 3.17. The van der Waals surface area contributed by atoms with Crippen molar-refractivity contribution in [2.24, 2.45) is 5.73 Å². The molecule has 0 aliphatic carbocycles. The number of ether oxygens (including phenoxy) is 1. The second kappa shape index (κ2) is 6.92. The first kappa shape index (κ1) is 18.1. The van der Waals surface area contributed by atoms with Gasteiger partial charge in [0, 0.05) is 5.56 Å². The molecule has 1 aliphatic heterocycles. The van der Waals surface area contributed by atoms with Crippen molar-refractivity contribution < 1.29 is 29.6 Å². The number of hydrogen-bond acceptors (Lipinski definition) is 8. The number of amides is 1. The van der Waals surface area contributed by atoms with Crippen molar-refractivity contribution in [1.82, 2.24) is 15.0 Å². The van der Waals surface area contributed by atoms with Crippen molar-refractivity contribution in [1.29, 1.82) is 0 Å². The van der Waals surface area contributed by atoms with Crippen molar-refractivity contribution in [2.75, 3.05) is 6.61 Å². The minimum atomic E-state index is -1.49. The Balaban J connectivity index is 2.07. The lowest BCUT2D eigenvalue weighted by atomic mass is 10.0. The van der Waals surface area contributed by atoms with E-state index in [1.807, 2.05) is 6.92 Å². The van der Waals surface area contributed by atoms with Gasteiger partial charge in [-0.1, -0.05) is 35.0 Å². The largest absolute Gasteiger partial charge is 0.394 e. The van der Waals surface area contributed by atoms with E-state index >= 15 is 0 Å². The molecule has 1 aromatic heterocycles. The molecular weight excluding hydrogens is 344 g/mol. The number of nitrogens with two attached hydrogens (primary N) is 1. The molecule has 5 N–H and O–H groups in total. The maximum absolute atomic E-state index is 12.9. The molecule has 138 valence electrons. The van der Waals surface area contributed by atoms with Crippen LogP contribution in [0.25, 0.3) is 0 Å². The first-order chi connectivity index (χ1) is 12.3. The number of aliphatic hydroxyl groups excluding tert-OH is 3. The number of ketones is 1. The van der Waals surface area contributed by atoms with E-state index in [1.165, 1.54) is 0 Å². The number of carbonyl (C=O) groups is 2. The highest BCUT2D eigenvalue weighted by molar-refractivity contribution is 6.13. The Kier molecular flexibility index (Phi) is 4.83. The maximum Gasteiger partial charge on any atom is 0.271 e. The maximum atomic E-state index is 12.9. The normalized spacial score (nSPS) is 25.4. The standard InChI is InChI=1S/C16H18N4O6/c1-7-2-4-8(5-3-7)12(22)11-10(15(17)25)18-19-20(11)16-14(24)13(23)9(6-21)26-16/h2-5,9,13-14,16,21,23-24H,6H2,1H3,(H2,17,25)/t9-,13-,14-,16-/m1/s1. The van der Waals surface area contributed by atoms with Crippen LogP contribution in [0.3, 0.4) is 0 Å². The summed E-state index contributed by atoms with van der Waals surface area (Å²) in [7, 11) is 0. The van der Waals surface area contributed by atoms with E-state index in [1.54, 1.807) is 24.3 Å². The van der Waals surface area contributed by atoms with Crippen LogP contribution in [-0.2, 0) is 4.74 Å². The molecule has 0 saturated carbocycles. The highest BCUT2D eigenvalue weighted by Crippen LogP contribution is 2.30. The highest BCUT2D eigenvalue weighted by Gasteiger charge is 2.45. The minimum Gasteiger partial charge on any atom is -0.394 e. The van der Waals surface area contributed by atoms with Crippen LogP contribution in [0.1, 0.15) is 38.3 Å². The number of rotatable bonds is 5. The number of carbonyl (C=O) groups excluding carboxylic acids is 2. The van der Waals surface area contributed by atoms with Crippen molar-refractivity contribution in [3.63, 3.8) is 0 Å². The quantitative estimate of drug-likeness (QED) is 0.469. The molecule has 1 aromatic carbocycles. The molecule has 1 aliphatic rings. The molecule has 2 heterocycles. The third-order valence-electron chi connectivity index (χ3n) is 4.21. The van der Waals surface area contributed by atoms with Gasteiger partial charge in [0.05, 0.1) is 6.61 Å². The zero-order valence-electron chi connectivity index (χ0n) is 13.8. The zero-order valence-corrected chi connectivity index (χ0v) is 13.8. The smallest absolute Gasteiger partial charge is 0.271 e. The molecule has 10 heteroatoms. The second-order valence-electron chi connectivity index (χ2n) is 6.02. The lowest BCUT2D eigenvalue weighted by Gasteiger charge is -2.17. The molecule has 26 heavy (non-hydrogen) atoms. The zero-order chi connectivity index (χ0) is 19.0. The Bertz CT molecular complexity index is 834. The average molecular weight is 362 g/mol. The van der Waals surface area contributed by atoms with Gasteiger partial charge in [-0.2, -0.15) is 0 Å². The van der Waals surface area contributed by atoms with E-state index in [9.17, 15) is 24.9 Å². The van der Waals surface area contributed by atoms with Crippen LogP contribution in [-0.4, -0.2) is 66.9 Å². The Morgan fingerprint density at radius 3 is 2.42 bits per heavy atom. The number of nitrogens with zero attached hydrogens (tertiary/aromatic N) is 3. The lowest BCUT2D eigenvalue weighted by molar-refractivity contribution is -0.0600. The number of hydrogen-bond donors (Lipinski definition) is 4. The van der Waals surface area contributed by atoms with Crippen LogP contribution in [0.5, 0.6) is 0 Å².